The molecule has 0 aromatic heterocycles. The molecule has 0 N–H and O–H groups in total. The lowest BCUT2D eigenvalue weighted by Gasteiger charge is -2.18. The Labute approximate surface area is 155 Å². The Morgan fingerprint density at radius 3 is 1.48 bits per heavy atom. The fourth-order valence-corrected chi connectivity index (χ4v) is 6.61. The number of rotatable bonds is 8. The van der Waals surface area contributed by atoms with Crippen molar-refractivity contribution in [2.75, 3.05) is 11.5 Å². The Hall–Kier alpha value is -0.200. The zero-order valence-corrected chi connectivity index (χ0v) is 15.8. The van der Waals surface area contributed by atoms with E-state index < -0.39 is 0 Å². The van der Waals surface area contributed by atoms with Crippen LogP contribution in [0.1, 0.15) is 21.6 Å². The van der Waals surface area contributed by atoms with Gasteiger partial charge in [-0.2, -0.15) is 23.5 Å². The van der Waals surface area contributed by atoms with Crippen molar-refractivity contribution < 1.29 is 3.63 Å². The Balaban J connectivity index is 1.38. The van der Waals surface area contributed by atoms with Crippen LogP contribution in [0, 0.1) is 0 Å². The first-order valence-electron chi connectivity index (χ1n) is 7.74. The molecular formula is C18H18OS4. The third-order valence-corrected chi connectivity index (χ3v) is 8.51. The summed E-state index contributed by atoms with van der Waals surface area (Å²) in [4.78, 5) is 0. The van der Waals surface area contributed by atoms with E-state index in [0.717, 1.165) is 0 Å². The van der Waals surface area contributed by atoms with Gasteiger partial charge in [-0.1, -0.05) is 60.7 Å². The summed E-state index contributed by atoms with van der Waals surface area (Å²) in [5.74, 6) is 2.50. The molecule has 5 heteroatoms. The second-order valence-electron chi connectivity index (χ2n) is 5.67. The Kier molecular flexibility index (Phi) is 5.51. The van der Waals surface area contributed by atoms with Crippen LogP contribution in [0.25, 0.3) is 0 Å². The van der Waals surface area contributed by atoms with Crippen molar-refractivity contribution in [3.63, 3.8) is 0 Å². The van der Waals surface area contributed by atoms with E-state index in [0.29, 0.717) is 21.0 Å². The van der Waals surface area contributed by atoms with Gasteiger partial charge in [0.15, 0.2) is 0 Å². The minimum absolute atomic E-state index is 0.442. The Morgan fingerprint density at radius 2 is 1.13 bits per heavy atom. The summed E-state index contributed by atoms with van der Waals surface area (Å²) in [6, 6.07) is 21.5. The molecule has 0 radical (unpaired) electrons. The molecule has 2 aliphatic heterocycles. The van der Waals surface area contributed by atoms with Gasteiger partial charge < -0.3 is 0 Å². The van der Waals surface area contributed by atoms with Crippen molar-refractivity contribution in [3.8, 4) is 0 Å². The molecule has 0 saturated carbocycles. The number of benzene rings is 2. The summed E-state index contributed by atoms with van der Waals surface area (Å²) < 4.78 is 6.08. The molecule has 1 nitrogen and oxygen atoms in total. The number of hydrogen-bond acceptors (Lipinski definition) is 5. The lowest BCUT2D eigenvalue weighted by Crippen LogP contribution is -2.03. The molecule has 23 heavy (non-hydrogen) atoms. The minimum atomic E-state index is 0.442. The van der Waals surface area contributed by atoms with E-state index in [9.17, 15) is 0 Å². The van der Waals surface area contributed by atoms with E-state index in [-0.39, 0.29) is 0 Å². The van der Waals surface area contributed by atoms with Crippen LogP contribution in [0.5, 0.6) is 0 Å². The maximum atomic E-state index is 6.08. The van der Waals surface area contributed by atoms with Gasteiger partial charge in [0.1, 0.15) is 0 Å². The van der Waals surface area contributed by atoms with Gasteiger partial charge in [-0.05, 0) is 11.1 Å². The highest BCUT2D eigenvalue weighted by Crippen LogP contribution is 2.53. The van der Waals surface area contributed by atoms with E-state index in [1.165, 1.54) is 22.6 Å². The number of hydrogen-bond donors (Lipinski definition) is 0. The smallest absolute Gasteiger partial charge is 0.0699 e. The lowest BCUT2D eigenvalue weighted by atomic mass is 10.1. The van der Waals surface area contributed by atoms with Gasteiger partial charge in [-0.25, -0.2) is 3.63 Å². The molecule has 2 aromatic carbocycles. The zero-order chi connectivity index (χ0) is 15.5. The maximum Gasteiger partial charge on any atom is 0.0699 e. The normalized spacial score (nSPS) is 24.9. The molecule has 2 fully saturated rings. The topological polar surface area (TPSA) is 9.23 Å². The van der Waals surface area contributed by atoms with E-state index in [1.54, 1.807) is 24.1 Å². The monoisotopic (exact) mass is 378 g/mol. The van der Waals surface area contributed by atoms with Crippen LogP contribution < -0.4 is 0 Å². The summed E-state index contributed by atoms with van der Waals surface area (Å²) in [6.45, 7) is 0. The largest absolute Gasteiger partial charge is 0.246 e. The lowest BCUT2D eigenvalue weighted by molar-refractivity contribution is 0.722. The van der Waals surface area contributed by atoms with Gasteiger partial charge in [0, 0.05) is 46.1 Å². The molecule has 120 valence electrons. The SMILES string of the molecule is c1ccc(C(SOSC(c2ccccc2)C2CS2)C2CS2)cc1. The highest BCUT2D eigenvalue weighted by Gasteiger charge is 2.37. The van der Waals surface area contributed by atoms with Crippen molar-refractivity contribution >= 4 is 47.6 Å². The van der Waals surface area contributed by atoms with Crippen LogP contribution in [0.15, 0.2) is 60.7 Å². The second kappa shape index (κ2) is 7.79. The van der Waals surface area contributed by atoms with Crippen molar-refractivity contribution in [1.29, 1.82) is 0 Å². The van der Waals surface area contributed by atoms with Crippen LogP contribution >= 0.6 is 47.6 Å². The van der Waals surface area contributed by atoms with Gasteiger partial charge in [0.05, 0.1) is 10.5 Å². The molecule has 0 amide bonds. The molecule has 0 spiro atoms. The highest BCUT2D eigenvalue weighted by atomic mass is 32.2. The second-order valence-corrected chi connectivity index (χ2v) is 10.2. The van der Waals surface area contributed by atoms with Gasteiger partial charge in [-0.3, -0.25) is 0 Å². The highest BCUT2D eigenvalue weighted by molar-refractivity contribution is 8.12. The maximum absolute atomic E-state index is 6.08. The summed E-state index contributed by atoms with van der Waals surface area (Å²) in [7, 11) is 0. The molecule has 4 unspecified atom stereocenters. The van der Waals surface area contributed by atoms with Crippen LogP contribution in [-0.2, 0) is 3.63 Å². The molecule has 4 atom stereocenters. The summed E-state index contributed by atoms with van der Waals surface area (Å²) >= 11 is 7.35. The van der Waals surface area contributed by atoms with Crippen molar-refractivity contribution in [3.05, 3.63) is 71.8 Å². The van der Waals surface area contributed by atoms with Crippen molar-refractivity contribution in [2.24, 2.45) is 0 Å². The minimum Gasteiger partial charge on any atom is -0.246 e. The van der Waals surface area contributed by atoms with Gasteiger partial charge in [-0.15, -0.1) is 0 Å². The van der Waals surface area contributed by atoms with Gasteiger partial charge >= 0.3 is 0 Å². The third kappa shape index (κ3) is 4.45. The average molecular weight is 379 g/mol. The van der Waals surface area contributed by atoms with E-state index in [2.05, 4.69) is 60.7 Å². The fraction of sp³-hybridized carbons (Fsp3) is 0.333. The van der Waals surface area contributed by atoms with E-state index in [1.807, 2.05) is 23.5 Å². The summed E-state index contributed by atoms with van der Waals surface area (Å²) in [5.41, 5.74) is 2.76. The number of thioether (sulfide) groups is 2. The van der Waals surface area contributed by atoms with Crippen LogP contribution in [0.3, 0.4) is 0 Å². The predicted molar refractivity (Wildman–Crippen MR) is 107 cm³/mol. The summed E-state index contributed by atoms with van der Waals surface area (Å²) in [5, 5.41) is 2.29. The fourth-order valence-electron chi connectivity index (χ4n) is 2.52. The molecule has 4 rings (SSSR count). The van der Waals surface area contributed by atoms with Gasteiger partial charge in [0.2, 0.25) is 0 Å². The van der Waals surface area contributed by atoms with Crippen LogP contribution in [-0.4, -0.2) is 22.0 Å². The zero-order valence-electron chi connectivity index (χ0n) is 12.5. The Morgan fingerprint density at radius 1 is 0.739 bits per heavy atom. The standard InChI is InChI=1S/C18H18OS4/c1-3-7-13(8-4-1)17(15-11-20-15)22-19-23-18(16-12-21-16)14-9-5-2-6-10-14/h1-10,15-18H,11-12H2. The van der Waals surface area contributed by atoms with E-state index in [4.69, 9.17) is 3.63 Å². The first kappa shape index (κ1) is 16.3. The molecule has 2 heterocycles. The molecule has 2 aliphatic rings. The summed E-state index contributed by atoms with van der Waals surface area (Å²) in [6.07, 6.45) is 0. The van der Waals surface area contributed by atoms with Crippen molar-refractivity contribution in [2.45, 2.75) is 21.0 Å². The molecule has 0 aliphatic carbocycles. The average Bonchev–Trinajstić information content (AvgIpc) is 3.49. The van der Waals surface area contributed by atoms with Gasteiger partial charge in [0.25, 0.3) is 0 Å². The first-order valence-corrected chi connectivity index (χ1v) is 11.4. The van der Waals surface area contributed by atoms with Crippen LogP contribution in [0.4, 0.5) is 0 Å². The molecule has 2 aromatic rings. The van der Waals surface area contributed by atoms with Crippen LogP contribution in [0.2, 0.25) is 0 Å². The predicted octanol–water partition coefficient (Wildman–Crippen LogP) is 6.01. The molecular weight excluding hydrogens is 360 g/mol. The quantitative estimate of drug-likeness (QED) is 0.409. The molecule has 2 saturated heterocycles. The van der Waals surface area contributed by atoms with E-state index >= 15 is 0 Å². The first-order chi connectivity index (χ1) is 11.4. The third-order valence-electron chi connectivity index (χ3n) is 3.94. The Bertz CT molecular complexity index is 558. The molecule has 0 bridgehead atoms. The van der Waals surface area contributed by atoms with Crippen molar-refractivity contribution in [1.82, 2.24) is 0 Å².